The van der Waals surface area contributed by atoms with Crippen molar-refractivity contribution in [2.45, 2.75) is 12.6 Å². The highest BCUT2D eigenvalue weighted by molar-refractivity contribution is 5.38. The molecule has 0 radical (unpaired) electrons. The van der Waals surface area contributed by atoms with Crippen LogP contribution in [0.25, 0.3) is 0 Å². The van der Waals surface area contributed by atoms with Crippen LogP contribution in [0.15, 0.2) is 77.4 Å². The molecule has 0 amide bonds. The van der Waals surface area contributed by atoms with E-state index in [1.54, 1.807) is 12.3 Å². The van der Waals surface area contributed by atoms with Crippen molar-refractivity contribution < 1.29 is 9.52 Å². The molecule has 3 aromatic rings. The van der Waals surface area contributed by atoms with Crippen molar-refractivity contribution >= 4 is 0 Å². The standard InChI is InChI=1S/C18H17NO2/c20-16-10-5-4-9-15(16)18(17-11-6-12-21-17)19-13-14-7-2-1-3-8-14/h1-12,18-20H,13H2. The highest BCUT2D eigenvalue weighted by Gasteiger charge is 2.19. The molecule has 1 unspecified atom stereocenters. The Balaban J connectivity index is 1.86. The van der Waals surface area contributed by atoms with Crippen molar-refractivity contribution in [3.8, 4) is 5.75 Å². The van der Waals surface area contributed by atoms with E-state index >= 15 is 0 Å². The molecular formula is C18H17NO2. The fraction of sp³-hybridized carbons (Fsp3) is 0.111. The molecule has 0 aliphatic heterocycles. The molecule has 21 heavy (non-hydrogen) atoms. The van der Waals surface area contributed by atoms with Crippen LogP contribution in [0.2, 0.25) is 0 Å². The molecule has 1 aromatic heterocycles. The first-order chi connectivity index (χ1) is 10.3. The first kappa shape index (κ1) is 13.5. The van der Waals surface area contributed by atoms with Gasteiger partial charge in [0.05, 0.1) is 12.3 Å². The topological polar surface area (TPSA) is 45.4 Å². The van der Waals surface area contributed by atoms with Crippen LogP contribution in [0.5, 0.6) is 5.75 Å². The Morgan fingerprint density at radius 3 is 2.38 bits per heavy atom. The molecule has 0 bridgehead atoms. The van der Waals surface area contributed by atoms with Gasteiger partial charge < -0.3 is 9.52 Å². The molecule has 0 saturated heterocycles. The van der Waals surface area contributed by atoms with Crippen molar-refractivity contribution in [1.29, 1.82) is 0 Å². The summed E-state index contributed by atoms with van der Waals surface area (Å²) in [4.78, 5) is 0. The van der Waals surface area contributed by atoms with E-state index < -0.39 is 0 Å². The average Bonchev–Trinajstić information content (AvgIpc) is 3.04. The van der Waals surface area contributed by atoms with Crippen LogP contribution in [0.1, 0.15) is 22.9 Å². The maximum Gasteiger partial charge on any atom is 0.125 e. The van der Waals surface area contributed by atoms with Crippen LogP contribution in [0, 0.1) is 0 Å². The summed E-state index contributed by atoms with van der Waals surface area (Å²) in [5.74, 6) is 1.05. The number of hydrogen-bond acceptors (Lipinski definition) is 3. The zero-order chi connectivity index (χ0) is 14.5. The molecule has 2 aromatic carbocycles. The van der Waals surface area contributed by atoms with Crippen molar-refractivity contribution in [2.75, 3.05) is 0 Å². The molecule has 0 aliphatic carbocycles. The van der Waals surface area contributed by atoms with Crippen LogP contribution in [0.4, 0.5) is 0 Å². The lowest BCUT2D eigenvalue weighted by molar-refractivity contribution is 0.421. The fourth-order valence-corrected chi connectivity index (χ4v) is 2.37. The monoisotopic (exact) mass is 279 g/mol. The molecule has 106 valence electrons. The smallest absolute Gasteiger partial charge is 0.125 e. The normalized spacial score (nSPS) is 12.2. The molecule has 1 heterocycles. The van der Waals surface area contributed by atoms with Gasteiger partial charge >= 0.3 is 0 Å². The van der Waals surface area contributed by atoms with E-state index in [-0.39, 0.29) is 11.8 Å². The third kappa shape index (κ3) is 3.15. The molecule has 3 nitrogen and oxygen atoms in total. The Morgan fingerprint density at radius 1 is 0.905 bits per heavy atom. The van der Waals surface area contributed by atoms with Gasteiger partial charge in [0, 0.05) is 12.1 Å². The fourth-order valence-electron chi connectivity index (χ4n) is 2.37. The zero-order valence-corrected chi connectivity index (χ0v) is 11.6. The summed E-state index contributed by atoms with van der Waals surface area (Å²) < 4.78 is 5.52. The second kappa shape index (κ2) is 6.29. The van der Waals surface area contributed by atoms with Gasteiger partial charge in [-0.2, -0.15) is 0 Å². The highest BCUT2D eigenvalue weighted by atomic mass is 16.3. The number of nitrogens with one attached hydrogen (secondary N) is 1. The van der Waals surface area contributed by atoms with E-state index in [4.69, 9.17) is 4.42 Å². The summed E-state index contributed by atoms with van der Waals surface area (Å²) in [6.45, 7) is 0.695. The minimum atomic E-state index is -0.179. The molecule has 0 saturated carbocycles. The first-order valence-corrected chi connectivity index (χ1v) is 6.93. The Hall–Kier alpha value is -2.52. The lowest BCUT2D eigenvalue weighted by Crippen LogP contribution is -2.21. The number of aromatic hydroxyl groups is 1. The predicted octanol–water partition coefficient (Wildman–Crippen LogP) is 3.86. The summed E-state index contributed by atoms with van der Waals surface area (Å²) in [5.41, 5.74) is 1.99. The number of hydrogen-bond donors (Lipinski definition) is 2. The van der Waals surface area contributed by atoms with Crippen LogP contribution in [0.3, 0.4) is 0 Å². The second-order valence-electron chi connectivity index (χ2n) is 4.87. The SMILES string of the molecule is Oc1ccccc1C(NCc1ccccc1)c1ccco1. The Labute approximate surface area is 123 Å². The summed E-state index contributed by atoms with van der Waals surface area (Å²) in [6, 6.07) is 21.1. The van der Waals surface area contributed by atoms with Gasteiger partial charge in [-0.1, -0.05) is 48.5 Å². The van der Waals surface area contributed by atoms with Gasteiger partial charge in [-0.05, 0) is 23.8 Å². The molecule has 0 aliphatic rings. The summed E-state index contributed by atoms with van der Waals surface area (Å²) >= 11 is 0. The number of phenols is 1. The number of rotatable bonds is 5. The Kier molecular flexibility index (Phi) is 4.03. The third-order valence-corrected chi connectivity index (χ3v) is 3.43. The largest absolute Gasteiger partial charge is 0.508 e. The van der Waals surface area contributed by atoms with Gasteiger partial charge in [-0.25, -0.2) is 0 Å². The summed E-state index contributed by atoms with van der Waals surface area (Å²) in [7, 11) is 0. The number of phenolic OH excluding ortho intramolecular Hbond substituents is 1. The Morgan fingerprint density at radius 2 is 1.67 bits per heavy atom. The van der Waals surface area contributed by atoms with Crippen molar-refractivity contribution in [2.24, 2.45) is 0 Å². The molecular weight excluding hydrogens is 262 g/mol. The van der Waals surface area contributed by atoms with E-state index in [1.807, 2.05) is 48.5 Å². The van der Waals surface area contributed by atoms with Gasteiger partial charge in [0.25, 0.3) is 0 Å². The van der Waals surface area contributed by atoms with E-state index in [0.29, 0.717) is 6.54 Å². The van der Waals surface area contributed by atoms with Gasteiger partial charge in [-0.15, -0.1) is 0 Å². The summed E-state index contributed by atoms with van der Waals surface area (Å²) in [5, 5.41) is 13.5. The molecule has 1 atom stereocenters. The molecule has 3 heteroatoms. The van der Waals surface area contributed by atoms with Crippen LogP contribution < -0.4 is 5.32 Å². The van der Waals surface area contributed by atoms with Crippen molar-refractivity contribution in [3.63, 3.8) is 0 Å². The minimum Gasteiger partial charge on any atom is -0.508 e. The lowest BCUT2D eigenvalue weighted by atomic mass is 10.0. The third-order valence-electron chi connectivity index (χ3n) is 3.43. The second-order valence-corrected chi connectivity index (χ2v) is 4.87. The van der Waals surface area contributed by atoms with Crippen molar-refractivity contribution in [1.82, 2.24) is 5.32 Å². The quantitative estimate of drug-likeness (QED) is 0.745. The van der Waals surface area contributed by atoms with E-state index in [0.717, 1.165) is 11.3 Å². The van der Waals surface area contributed by atoms with Crippen molar-refractivity contribution in [3.05, 3.63) is 89.9 Å². The van der Waals surface area contributed by atoms with E-state index in [9.17, 15) is 5.11 Å². The lowest BCUT2D eigenvalue weighted by Gasteiger charge is -2.18. The van der Waals surface area contributed by atoms with Gasteiger partial charge in [0.15, 0.2) is 0 Å². The zero-order valence-electron chi connectivity index (χ0n) is 11.6. The van der Waals surface area contributed by atoms with Gasteiger partial charge in [-0.3, -0.25) is 5.32 Å². The molecule has 0 spiro atoms. The summed E-state index contributed by atoms with van der Waals surface area (Å²) in [6.07, 6.45) is 1.65. The molecule has 2 N–H and O–H groups in total. The van der Waals surface area contributed by atoms with Crippen LogP contribution >= 0.6 is 0 Å². The molecule has 3 rings (SSSR count). The average molecular weight is 279 g/mol. The van der Waals surface area contributed by atoms with Gasteiger partial charge in [0.1, 0.15) is 11.5 Å². The van der Waals surface area contributed by atoms with E-state index in [1.165, 1.54) is 5.56 Å². The predicted molar refractivity (Wildman–Crippen MR) is 81.9 cm³/mol. The number of para-hydroxylation sites is 1. The number of furan rings is 1. The maximum absolute atomic E-state index is 10.1. The van der Waals surface area contributed by atoms with Crippen LogP contribution in [-0.2, 0) is 6.54 Å². The van der Waals surface area contributed by atoms with Gasteiger partial charge in [0.2, 0.25) is 0 Å². The number of benzene rings is 2. The van der Waals surface area contributed by atoms with E-state index in [2.05, 4.69) is 17.4 Å². The maximum atomic E-state index is 10.1. The minimum absolute atomic E-state index is 0.179. The highest BCUT2D eigenvalue weighted by Crippen LogP contribution is 2.29. The Bertz CT molecular complexity index is 677. The van der Waals surface area contributed by atoms with Crippen LogP contribution in [-0.4, -0.2) is 5.11 Å². The molecule has 0 fully saturated rings. The first-order valence-electron chi connectivity index (χ1n) is 6.93.